The summed E-state index contributed by atoms with van der Waals surface area (Å²) in [4.78, 5) is 15.0. The molecule has 0 aliphatic carbocycles. The van der Waals surface area contributed by atoms with Crippen LogP contribution >= 0.6 is 0 Å². The van der Waals surface area contributed by atoms with Gasteiger partial charge in [0.2, 0.25) is 5.95 Å². The number of piperidine rings is 1. The second-order valence-electron chi connectivity index (χ2n) is 6.76. The molecule has 0 atom stereocenters. The van der Waals surface area contributed by atoms with E-state index in [9.17, 15) is 4.39 Å². The Bertz CT molecular complexity index is 599. The second-order valence-corrected chi connectivity index (χ2v) is 6.76. The maximum Gasteiger partial charge on any atom is 0.225 e. The lowest BCUT2D eigenvalue weighted by Crippen LogP contribution is -2.46. The van der Waals surface area contributed by atoms with Crippen molar-refractivity contribution in [2.45, 2.75) is 25.9 Å². The number of anilines is 1. The van der Waals surface area contributed by atoms with Crippen molar-refractivity contribution < 1.29 is 9.13 Å². The highest BCUT2D eigenvalue weighted by Crippen LogP contribution is 2.17. The van der Waals surface area contributed by atoms with Crippen LogP contribution in [-0.2, 0) is 4.74 Å². The fourth-order valence-corrected chi connectivity index (χ4v) is 3.33. The molecule has 0 saturated carbocycles. The molecule has 6 nitrogen and oxygen atoms in total. The van der Waals surface area contributed by atoms with Crippen molar-refractivity contribution in [3.8, 4) is 11.8 Å². The summed E-state index contributed by atoms with van der Waals surface area (Å²) in [7, 11) is 0. The van der Waals surface area contributed by atoms with Crippen LogP contribution in [0.3, 0.4) is 0 Å². The van der Waals surface area contributed by atoms with E-state index in [0.717, 1.165) is 65.2 Å². The van der Waals surface area contributed by atoms with E-state index >= 15 is 0 Å². The summed E-state index contributed by atoms with van der Waals surface area (Å²) in [6.45, 7) is 10.8. The molecule has 3 rings (SSSR count). The van der Waals surface area contributed by atoms with Gasteiger partial charge in [-0.05, 0) is 19.4 Å². The molecular formula is C19H28FN5O. The number of aromatic nitrogens is 2. The van der Waals surface area contributed by atoms with Crippen molar-refractivity contribution in [1.82, 2.24) is 19.8 Å². The molecule has 0 bridgehead atoms. The first kappa shape index (κ1) is 19.0. The highest BCUT2D eigenvalue weighted by Gasteiger charge is 2.21. The molecule has 0 amide bonds. The molecule has 7 heteroatoms. The third kappa shape index (κ3) is 5.63. The van der Waals surface area contributed by atoms with Crippen LogP contribution in [0.25, 0.3) is 0 Å². The van der Waals surface area contributed by atoms with Gasteiger partial charge in [0.1, 0.15) is 6.61 Å². The van der Waals surface area contributed by atoms with Gasteiger partial charge in [0.25, 0.3) is 0 Å². The fraction of sp³-hybridized carbons (Fsp3) is 0.684. The molecule has 0 unspecified atom stereocenters. The van der Waals surface area contributed by atoms with Crippen molar-refractivity contribution in [1.29, 1.82) is 0 Å². The van der Waals surface area contributed by atoms with Crippen molar-refractivity contribution in [3.63, 3.8) is 0 Å². The summed E-state index contributed by atoms with van der Waals surface area (Å²) in [5.74, 6) is 6.57. The molecule has 2 fully saturated rings. The minimum Gasteiger partial charge on any atom is -0.365 e. The third-order valence-corrected chi connectivity index (χ3v) is 5.06. The summed E-state index contributed by atoms with van der Waals surface area (Å²) < 4.78 is 18.8. The standard InChI is InChI=1S/C19H28FN5O/c1-2-23-10-12-24(13-11-23)7-3-4-14-26-18-5-8-25(9-6-18)19-21-15-17(20)16-22-19/h15-16,18H,2,5-14H2,1H3. The second kappa shape index (κ2) is 9.81. The number of nitrogens with zero attached hydrogens (tertiary/aromatic N) is 5. The van der Waals surface area contributed by atoms with Gasteiger partial charge in [-0.15, -0.1) is 0 Å². The van der Waals surface area contributed by atoms with Gasteiger partial charge in [-0.1, -0.05) is 18.8 Å². The molecule has 0 radical (unpaired) electrons. The number of piperazine rings is 1. The van der Waals surface area contributed by atoms with E-state index in [2.05, 4.69) is 43.4 Å². The monoisotopic (exact) mass is 361 g/mol. The first-order valence-electron chi connectivity index (χ1n) is 9.49. The summed E-state index contributed by atoms with van der Waals surface area (Å²) >= 11 is 0. The molecule has 142 valence electrons. The highest BCUT2D eigenvalue weighted by molar-refractivity contribution is 5.29. The van der Waals surface area contributed by atoms with Crippen LogP contribution < -0.4 is 4.90 Å². The topological polar surface area (TPSA) is 44.7 Å². The van der Waals surface area contributed by atoms with Crippen molar-refractivity contribution in [3.05, 3.63) is 18.2 Å². The Morgan fingerprint density at radius 3 is 2.35 bits per heavy atom. The Labute approximate surface area is 155 Å². The van der Waals surface area contributed by atoms with Gasteiger partial charge >= 0.3 is 0 Å². The maximum absolute atomic E-state index is 12.9. The zero-order valence-corrected chi connectivity index (χ0v) is 15.5. The summed E-state index contributed by atoms with van der Waals surface area (Å²) in [6, 6.07) is 0. The molecule has 0 spiro atoms. The normalized spacial score (nSPS) is 20.0. The number of ether oxygens (including phenoxy) is 1. The Kier molecular flexibility index (Phi) is 7.18. The predicted molar refractivity (Wildman–Crippen MR) is 99.5 cm³/mol. The average molecular weight is 361 g/mol. The summed E-state index contributed by atoms with van der Waals surface area (Å²) in [5.41, 5.74) is 0. The van der Waals surface area contributed by atoms with E-state index in [-0.39, 0.29) is 6.10 Å². The van der Waals surface area contributed by atoms with Crippen molar-refractivity contribution >= 4 is 5.95 Å². The Hall–Kier alpha value is -1.75. The lowest BCUT2D eigenvalue weighted by Gasteiger charge is -2.32. The third-order valence-electron chi connectivity index (χ3n) is 5.06. The smallest absolute Gasteiger partial charge is 0.225 e. The number of halogens is 1. The van der Waals surface area contributed by atoms with E-state index in [1.807, 2.05) is 0 Å². The quantitative estimate of drug-likeness (QED) is 0.736. The zero-order chi connectivity index (χ0) is 18.2. The van der Waals surface area contributed by atoms with Gasteiger partial charge in [0.05, 0.1) is 25.0 Å². The molecular weight excluding hydrogens is 333 g/mol. The van der Waals surface area contributed by atoms with Gasteiger partial charge in [-0.25, -0.2) is 14.4 Å². The van der Waals surface area contributed by atoms with Crippen LogP contribution in [0.2, 0.25) is 0 Å². The van der Waals surface area contributed by atoms with Crippen LogP contribution in [0.1, 0.15) is 19.8 Å². The number of likely N-dealkylation sites (N-methyl/N-ethyl adjacent to an activating group) is 1. The van der Waals surface area contributed by atoms with Crippen LogP contribution in [-0.4, -0.2) is 84.8 Å². The summed E-state index contributed by atoms with van der Waals surface area (Å²) in [5, 5.41) is 0. The molecule has 1 aromatic heterocycles. The largest absolute Gasteiger partial charge is 0.365 e. The van der Waals surface area contributed by atoms with Gasteiger partial charge in [0.15, 0.2) is 5.82 Å². The van der Waals surface area contributed by atoms with Gasteiger partial charge in [-0.2, -0.15) is 0 Å². The maximum atomic E-state index is 12.9. The van der Waals surface area contributed by atoms with Crippen LogP contribution in [0.4, 0.5) is 10.3 Å². The minimum absolute atomic E-state index is 0.231. The Morgan fingerprint density at radius 1 is 1.04 bits per heavy atom. The van der Waals surface area contributed by atoms with Crippen LogP contribution in [0, 0.1) is 17.7 Å². The molecule has 2 aliphatic rings. The lowest BCUT2D eigenvalue weighted by atomic mass is 10.1. The zero-order valence-electron chi connectivity index (χ0n) is 15.5. The van der Waals surface area contributed by atoms with Crippen molar-refractivity contribution in [2.75, 3.05) is 63.9 Å². The molecule has 1 aromatic rings. The first-order chi connectivity index (χ1) is 12.7. The van der Waals surface area contributed by atoms with E-state index in [1.54, 1.807) is 0 Å². The lowest BCUT2D eigenvalue weighted by molar-refractivity contribution is 0.0592. The molecule has 0 aromatic carbocycles. The van der Waals surface area contributed by atoms with E-state index < -0.39 is 5.82 Å². The van der Waals surface area contributed by atoms with Gasteiger partial charge in [-0.3, -0.25) is 4.90 Å². The van der Waals surface area contributed by atoms with Gasteiger partial charge < -0.3 is 14.5 Å². The predicted octanol–water partition coefficient (Wildman–Crippen LogP) is 1.24. The molecule has 26 heavy (non-hydrogen) atoms. The van der Waals surface area contributed by atoms with Crippen molar-refractivity contribution in [2.24, 2.45) is 0 Å². The average Bonchev–Trinajstić information content (AvgIpc) is 2.69. The Morgan fingerprint density at radius 2 is 1.69 bits per heavy atom. The number of hydrogen-bond acceptors (Lipinski definition) is 6. The van der Waals surface area contributed by atoms with Crippen LogP contribution in [0.5, 0.6) is 0 Å². The van der Waals surface area contributed by atoms with Gasteiger partial charge in [0, 0.05) is 39.3 Å². The number of rotatable bonds is 5. The summed E-state index contributed by atoms with van der Waals surface area (Å²) in [6.07, 6.45) is 4.49. The first-order valence-corrected chi connectivity index (χ1v) is 9.49. The molecule has 2 saturated heterocycles. The number of hydrogen-bond donors (Lipinski definition) is 0. The molecule has 3 heterocycles. The van der Waals surface area contributed by atoms with E-state index in [0.29, 0.717) is 12.6 Å². The minimum atomic E-state index is -0.405. The highest BCUT2D eigenvalue weighted by atomic mass is 19.1. The molecule has 0 N–H and O–H groups in total. The molecule has 2 aliphatic heterocycles. The fourth-order valence-electron chi connectivity index (χ4n) is 3.33. The van der Waals surface area contributed by atoms with Crippen LogP contribution in [0.15, 0.2) is 12.4 Å². The SMILES string of the molecule is CCN1CCN(CC#CCOC2CCN(c3ncc(F)cn3)CC2)CC1. The van der Waals surface area contributed by atoms with E-state index in [1.165, 1.54) is 12.4 Å². The Balaban J connectivity index is 1.30. The van der Waals surface area contributed by atoms with E-state index in [4.69, 9.17) is 4.74 Å².